The molecule has 0 saturated carbocycles. The van der Waals surface area contributed by atoms with Gasteiger partial charge in [-0.15, -0.1) is 0 Å². The molecule has 1 aliphatic rings. The molecule has 0 bridgehead atoms. The Kier molecular flexibility index (Phi) is 2.63. The topological polar surface area (TPSA) is 34.9 Å². The molecule has 15 heavy (non-hydrogen) atoms. The number of hydrogen-bond acceptors (Lipinski definition) is 2. The lowest BCUT2D eigenvalue weighted by atomic mass is 9.96. The Bertz CT molecular complexity index is 379. The van der Waals surface area contributed by atoms with Gasteiger partial charge in [-0.2, -0.15) is 0 Å². The molecular weight excluding hydrogens is 188 g/mol. The first-order valence-electron chi connectivity index (χ1n) is 5.70. The van der Waals surface area contributed by atoms with Gasteiger partial charge in [0.25, 0.3) is 0 Å². The van der Waals surface area contributed by atoms with Crippen LogP contribution in [0.15, 0.2) is 0 Å². The number of aromatic nitrogens is 2. The molecule has 1 aromatic rings. The first-order chi connectivity index (χ1) is 7.15. The van der Waals surface area contributed by atoms with Gasteiger partial charge in [-0.25, -0.2) is 4.98 Å². The number of carbonyl (C=O) groups excluding carboxylic acids is 1. The number of rotatable bonds is 2. The van der Waals surface area contributed by atoms with Gasteiger partial charge in [0.15, 0.2) is 6.29 Å². The predicted molar refractivity (Wildman–Crippen MR) is 59.4 cm³/mol. The maximum Gasteiger partial charge on any atom is 0.170 e. The van der Waals surface area contributed by atoms with Gasteiger partial charge in [0.05, 0.1) is 5.69 Å². The average Bonchev–Trinajstić information content (AvgIpc) is 2.58. The monoisotopic (exact) mass is 206 g/mol. The van der Waals surface area contributed by atoms with E-state index in [0.717, 1.165) is 24.3 Å². The van der Waals surface area contributed by atoms with Crippen LogP contribution in [0.25, 0.3) is 0 Å². The van der Waals surface area contributed by atoms with Crippen LogP contribution in [0.3, 0.4) is 0 Å². The smallest absolute Gasteiger partial charge is 0.170 e. The fourth-order valence-corrected chi connectivity index (χ4v) is 2.48. The van der Waals surface area contributed by atoms with Crippen molar-refractivity contribution in [1.82, 2.24) is 9.55 Å². The molecule has 0 spiro atoms. The molecule has 1 atom stereocenters. The molecule has 3 nitrogen and oxygen atoms in total. The summed E-state index contributed by atoms with van der Waals surface area (Å²) in [6.45, 7) is 7.46. The third kappa shape index (κ3) is 1.60. The van der Waals surface area contributed by atoms with Gasteiger partial charge < -0.3 is 4.57 Å². The number of nitrogens with zero attached hydrogens (tertiary/aromatic N) is 2. The second-order valence-electron chi connectivity index (χ2n) is 4.71. The molecule has 0 amide bonds. The first kappa shape index (κ1) is 10.4. The van der Waals surface area contributed by atoms with Crippen LogP contribution in [0.4, 0.5) is 0 Å². The quantitative estimate of drug-likeness (QED) is 0.697. The minimum absolute atomic E-state index is 0.391. The van der Waals surface area contributed by atoms with E-state index in [1.54, 1.807) is 0 Å². The van der Waals surface area contributed by atoms with Gasteiger partial charge >= 0.3 is 0 Å². The normalized spacial score (nSPS) is 20.4. The summed E-state index contributed by atoms with van der Waals surface area (Å²) < 4.78 is 2.25. The summed E-state index contributed by atoms with van der Waals surface area (Å²) in [7, 11) is 0. The Morgan fingerprint density at radius 1 is 1.53 bits per heavy atom. The lowest BCUT2D eigenvalue weighted by Crippen LogP contribution is -2.16. The summed E-state index contributed by atoms with van der Waals surface area (Å²) in [5.41, 5.74) is 1.81. The molecule has 2 heterocycles. The molecule has 0 N–H and O–H groups in total. The molecular formula is C12H18N2O. The maximum atomic E-state index is 11.0. The van der Waals surface area contributed by atoms with Crippen LogP contribution in [0.2, 0.25) is 0 Å². The van der Waals surface area contributed by atoms with Gasteiger partial charge in [-0.3, -0.25) is 4.79 Å². The van der Waals surface area contributed by atoms with Crippen molar-refractivity contribution in [1.29, 1.82) is 0 Å². The Morgan fingerprint density at radius 2 is 2.27 bits per heavy atom. The zero-order chi connectivity index (χ0) is 11.0. The van der Waals surface area contributed by atoms with Crippen molar-refractivity contribution in [2.45, 2.75) is 52.0 Å². The third-order valence-corrected chi connectivity index (χ3v) is 3.18. The van der Waals surface area contributed by atoms with Crippen LogP contribution in [-0.2, 0) is 6.54 Å². The minimum Gasteiger partial charge on any atom is -0.331 e. The zero-order valence-electron chi connectivity index (χ0n) is 9.66. The lowest BCUT2D eigenvalue weighted by Gasteiger charge is -2.23. The van der Waals surface area contributed by atoms with E-state index in [1.165, 1.54) is 12.8 Å². The van der Waals surface area contributed by atoms with Crippen molar-refractivity contribution in [3.05, 3.63) is 17.2 Å². The van der Waals surface area contributed by atoms with E-state index in [9.17, 15) is 4.79 Å². The van der Waals surface area contributed by atoms with Gasteiger partial charge in [0.1, 0.15) is 11.5 Å². The molecule has 0 fully saturated rings. The predicted octanol–water partition coefficient (Wildman–Crippen LogP) is 2.72. The Labute approximate surface area is 90.5 Å². The van der Waals surface area contributed by atoms with Gasteiger partial charge in [-0.1, -0.05) is 20.8 Å². The fourth-order valence-electron chi connectivity index (χ4n) is 2.48. The second-order valence-corrected chi connectivity index (χ2v) is 4.71. The molecule has 0 aliphatic carbocycles. The molecule has 1 unspecified atom stereocenters. The second kappa shape index (κ2) is 3.80. The standard InChI is InChI=1S/C12H18N2O/c1-8(2)12-13-10(7-15)11-9(3)5-4-6-14(11)12/h7-9H,4-6H2,1-3H3. The SMILES string of the molecule is CC(C)c1nc(C=O)c2n1CCCC2C. The van der Waals surface area contributed by atoms with Crippen LogP contribution in [0.1, 0.15) is 67.5 Å². The number of carbonyl (C=O) groups is 1. The average molecular weight is 206 g/mol. The highest BCUT2D eigenvalue weighted by molar-refractivity contribution is 5.74. The maximum absolute atomic E-state index is 11.0. The highest BCUT2D eigenvalue weighted by Gasteiger charge is 2.25. The highest BCUT2D eigenvalue weighted by Crippen LogP contribution is 2.31. The summed E-state index contributed by atoms with van der Waals surface area (Å²) in [6.07, 6.45) is 3.27. The zero-order valence-corrected chi connectivity index (χ0v) is 9.66. The summed E-state index contributed by atoms with van der Waals surface area (Å²) in [5, 5.41) is 0. The van der Waals surface area contributed by atoms with E-state index in [1.807, 2.05) is 0 Å². The molecule has 82 valence electrons. The van der Waals surface area contributed by atoms with Crippen LogP contribution >= 0.6 is 0 Å². The first-order valence-corrected chi connectivity index (χ1v) is 5.70. The van der Waals surface area contributed by atoms with Crippen molar-refractivity contribution in [2.75, 3.05) is 0 Å². The molecule has 0 aromatic carbocycles. The molecule has 3 heteroatoms. The number of hydrogen-bond donors (Lipinski definition) is 0. The van der Waals surface area contributed by atoms with Crippen LogP contribution in [-0.4, -0.2) is 15.8 Å². The van der Waals surface area contributed by atoms with Gasteiger partial charge in [-0.05, 0) is 18.8 Å². The fraction of sp³-hybridized carbons (Fsp3) is 0.667. The molecule has 0 radical (unpaired) electrons. The Hall–Kier alpha value is -1.12. The van der Waals surface area contributed by atoms with E-state index in [2.05, 4.69) is 30.3 Å². The summed E-state index contributed by atoms with van der Waals surface area (Å²) in [6, 6.07) is 0. The van der Waals surface area contributed by atoms with Crippen LogP contribution in [0.5, 0.6) is 0 Å². The minimum atomic E-state index is 0.391. The highest BCUT2D eigenvalue weighted by atomic mass is 16.1. The third-order valence-electron chi connectivity index (χ3n) is 3.18. The van der Waals surface area contributed by atoms with E-state index < -0.39 is 0 Å². The summed E-state index contributed by atoms with van der Waals surface area (Å²) in [5.74, 6) is 1.93. The Balaban J connectivity index is 2.57. The summed E-state index contributed by atoms with van der Waals surface area (Å²) in [4.78, 5) is 15.4. The van der Waals surface area contributed by atoms with Crippen molar-refractivity contribution in [3.63, 3.8) is 0 Å². The molecule has 1 aromatic heterocycles. The van der Waals surface area contributed by atoms with Crippen molar-refractivity contribution < 1.29 is 4.79 Å². The van der Waals surface area contributed by atoms with Gasteiger partial charge in [0.2, 0.25) is 0 Å². The Morgan fingerprint density at radius 3 is 2.87 bits per heavy atom. The van der Waals surface area contributed by atoms with Crippen molar-refractivity contribution in [2.24, 2.45) is 0 Å². The van der Waals surface area contributed by atoms with Gasteiger partial charge in [0, 0.05) is 12.5 Å². The lowest BCUT2D eigenvalue weighted by molar-refractivity contribution is 0.111. The number of imidazole rings is 1. The molecule has 1 aliphatic heterocycles. The van der Waals surface area contributed by atoms with Crippen molar-refractivity contribution >= 4 is 6.29 Å². The number of aldehydes is 1. The van der Waals surface area contributed by atoms with E-state index in [-0.39, 0.29) is 0 Å². The van der Waals surface area contributed by atoms with E-state index >= 15 is 0 Å². The largest absolute Gasteiger partial charge is 0.331 e. The number of fused-ring (bicyclic) bond motifs is 1. The van der Waals surface area contributed by atoms with E-state index in [0.29, 0.717) is 17.5 Å². The van der Waals surface area contributed by atoms with Crippen LogP contribution in [0, 0.1) is 0 Å². The summed E-state index contributed by atoms with van der Waals surface area (Å²) >= 11 is 0. The van der Waals surface area contributed by atoms with Crippen molar-refractivity contribution in [3.8, 4) is 0 Å². The molecule has 0 saturated heterocycles. The van der Waals surface area contributed by atoms with Crippen LogP contribution < -0.4 is 0 Å². The molecule has 2 rings (SSSR count). The van der Waals surface area contributed by atoms with E-state index in [4.69, 9.17) is 0 Å².